The van der Waals surface area contributed by atoms with Crippen molar-refractivity contribution in [2.24, 2.45) is 5.14 Å². The van der Waals surface area contributed by atoms with Gasteiger partial charge in [-0.05, 0) is 31.0 Å². The van der Waals surface area contributed by atoms with Crippen LogP contribution in [0, 0.1) is 0 Å². The molecule has 0 spiro atoms. The van der Waals surface area contributed by atoms with E-state index in [0.717, 1.165) is 5.56 Å². The van der Waals surface area contributed by atoms with E-state index in [0.29, 0.717) is 6.42 Å². The molecule has 6 nitrogen and oxygen atoms in total. The summed E-state index contributed by atoms with van der Waals surface area (Å²) in [5, 5.41) is 8.17. The first kappa shape index (κ1) is 16.6. The summed E-state index contributed by atoms with van der Waals surface area (Å²) >= 11 is 0. The van der Waals surface area contributed by atoms with Crippen LogP contribution in [-0.2, 0) is 19.6 Å². The summed E-state index contributed by atoms with van der Waals surface area (Å²) in [5.41, 5.74) is 0.861. The number of nitrogens with two attached hydrogens (primary N) is 1. The SMILES string of the molecule is CCC(NC(C)c1ccc(S(N)(=O)=O)cc1)C(=O)OC. The minimum Gasteiger partial charge on any atom is -0.468 e. The van der Waals surface area contributed by atoms with Gasteiger partial charge in [0.2, 0.25) is 10.0 Å². The number of carbonyl (C=O) groups excluding carboxylic acids is 1. The average molecular weight is 300 g/mol. The van der Waals surface area contributed by atoms with E-state index in [1.54, 1.807) is 12.1 Å². The number of hydrogen-bond donors (Lipinski definition) is 2. The molecule has 0 heterocycles. The van der Waals surface area contributed by atoms with Crippen molar-refractivity contribution in [1.29, 1.82) is 0 Å². The predicted octanol–water partition coefficient (Wildman–Crippen LogP) is 0.936. The summed E-state index contributed by atoms with van der Waals surface area (Å²) in [6, 6.07) is 5.72. The molecule has 1 rings (SSSR count). The van der Waals surface area contributed by atoms with Crippen molar-refractivity contribution in [2.45, 2.75) is 37.2 Å². The molecule has 20 heavy (non-hydrogen) atoms. The lowest BCUT2D eigenvalue weighted by Gasteiger charge is -2.20. The van der Waals surface area contributed by atoms with Gasteiger partial charge < -0.3 is 4.74 Å². The van der Waals surface area contributed by atoms with Crippen molar-refractivity contribution in [3.8, 4) is 0 Å². The van der Waals surface area contributed by atoms with Crippen LogP contribution in [0.4, 0.5) is 0 Å². The molecule has 0 aliphatic carbocycles. The molecule has 0 aliphatic rings. The number of methoxy groups -OCH3 is 1. The van der Waals surface area contributed by atoms with Gasteiger partial charge in [0.25, 0.3) is 0 Å². The van der Waals surface area contributed by atoms with Gasteiger partial charge in [0.05, 0.1) is 12.0 Å². The van der Waals surface area contributed by atoms with Gasteiger partial charge in [0.1, 0.15) is 6.04 Å². The highest BCUT2D eigenvalue weighted by Gasteiger charge is 2.19. The van der Waals surface area contributed by atoms with E-state index >= 15 is 0 Å². The quantitative estimate of drug-likeness (QED) is 0.762. The van der Waals surface area contributed by atoms with Gasteiger partial charge in [0, 0.05) is 6.04 Å². The normalized spacial score (nSPS) is 14.6. The number of benzene rings is 1. The number of nitrogens with one attached hydrogen (secondary N) is 1. The molecule has 1 aromatic carbocycles. The molecule has 3 N–H and O–H groups in total. The lowest BCUT2D eigenvalue weighted by molar-refractivity contribution is -0.143. The third-order valence-electron chi connectivity index (χ3n) is 3.05. The Labute approximate surface area is 119 Å². The molecule has 0 amide bonds. The topological polar surface area (TPSA) is 98.5 Å². The van der Waals surface area contributed by atoms with Crippen molar-refractivity contribution in [3.63, 3.8) is 0 Å². The maximum Gasteiger partial charge on any atom is 0.322 e. The van der Waals surface area contributed by atoms with Gasteiger partial charge in [-0.2, -0.15) is 0 Å². The highest BCUT2D eigenvalue weighted by atomic mass is 32.2. The molecule has 0 fully saturated rings. The van der Waals surface area contributed by atoms with Crippen LogP contribution >= 0.6 is 0 Å². The molecule has 0 saturated heterocycles. The fourth-order valence-electron chi connectivity index (χ4n) is 1.84. The summed E-state index contributed by atoms with van der Waals surface area (Å²) in [6.45, 7) is 3.77. The molecule has 1 aromatic rings. The van der Waals surface area contributed by atoms with E-state index in [1.165, 1.54) is 19.2 Å². The fourth-order valence-corrected chi connectivity index (χ4v) is 2.35. The maximum atomic E-state index is 11.5. The maximum absolute atomic E-state index is 11.5. The zero-order chi connectivity index (χ0) is 15.3. The Kier molecular flexibility index (Phi) is 5.67. The van der Waals surface area contributed by atoms with Crippen LogP contribution in [0.25, 0.3) is 0 Å². The van der Waals surface area contributed by atoms with Crippen LogP contribution in [-0.4, -0.2) is 27.5 Å². The number of primary sulfonamides is 1. The van der Waals surface area contributed by atoms with Crippen LogP contribution in [0.15, 0.2) is 29.2 Å². The second kappa shape index (κ2) is 6.83. The second-order valence-electron chi connectivity index (χ2n) is 4.49. The van der Waals surface area contributed by atoms with E-state index in [2.05, 4.69) is 5.32 Å². The second-order valence-corrected chi connectivity index (χ2v) is 6.05. The highest BCUT2D eigenvalue weighted by Crippen LogP contribution is 2.16. The van der Waals surface area contributed by atoms with E-state index in [1.807, 2.05) is 13.8 Å². The van der Waals surface area contributed by atoms with Crippen LogP contribution in [0.3, 0.4) is 0 Å². The van der Waals surface area contributed by atoms with Crippen molar-refractivity contribution in [3.05, 3.63) is 29.8 Å². The zero-order valence-corrected chi connectivity index (χ0v) is 12.6. The first-order valence-corrected chi connectivity index (χ1v) is 7.80. The molecule has 2 atom stereocenters. The van der Waals surface area contributed by atoms with Gasteiger partial charge in [-0.15, -0.1) is 0 Å². The van der Waals surface area contributed by atoms with Crippen LogP contribution < -0.4 is 10.5 Å². The molecule has 0 radical (unpaired) electrons. The van der Waals surface area contributed by atoms with Gasteiger partial charge in [-0.3, -0.25) is 10.1 Å². The number of carbonyl (C=O) groups is 1. The molecule has 112 valence electrons. The van der Waals surface area contributed by atoms with Crippen LogP contribution in [0.5, 0.6) is 0 Å². The van der Waals surface area contributed by atoms with Crippen molar-refractivity contribution >= 4 is 16.0 Å². The number of esters is 1. The van der Waals surface area contributed by atoms with Gasteiger partial charge in [-0.1, -0.05) is 19.1 Å². The first-order chi connectivity index (χ1) is 9.29. The summed E-state index contributed by atoms with van der Waals surface area (Å²) in [6.07, 6.45) is 0.603. The van der Waals surface area contributed by atoms with E-state index in [-0.39, 0.29) is 16.9 Å². The van der Waals surface area contributed by atoms with Crippen molar-refractivity contribution in [1.82, 2.24) is 5.32 Å². The van der Waals surface area contributed by atoms with E-state index in [9.17, 15) is 13.2 Å². The summed E-state index contributed by atoms with van der Waals surface area (Å²) < 4.78 is 27.0. The predicted molar refractivity (Wildman–Crippen MR) is 75.5 cm³/mol. The Balaban J connectivity index is 2.82. The fraction of sp³-hybridized carbons (Fsp3) is 0.462. The zero-order valence-electron chi connectivity index (χ0n) is 11.8. The Morgan fingerprint density at radius 3 is 2.30 bits per heavy atom. The van der Waals surface area contributed by atoms with Gasteiger partial charge >= 0.3 is 5.97 Å². The molecule has 0 aromatic heterocycles. The molecule has 2 unspecified atom stereocenters. The monoisotopic (exact) mass is 300 g/mol. The van der Waals surface area contributed by atoms with Gasteiger partial charge in [0.15, 0.2) is 0 Å². The number of hydrogen-bond acceptors (Lipinski definition) is 5. The number of rotatable bonds is 6. The Morgan fingerprint density at radius 2 is 1.90 bits per heavy atom. The minimum atomic E-state index is -3.68. The summed E-state index contributed by atoms with van der Waals surface area (Å²) in [7, 11) is -2.34. The van der Waals surface area contributed by atoms with E-state index in [4.69, 9.17) is 9.88 Å². The van der Waals surface area contributed by atoms with Crippen molar-refractivity contribution < 1.29 is 17.9 Å². The molecular formula is C13H20N2O4S. The Bertz CT molecular complexity index is 554. The molecule has 0 saturated carbocycles. The number of sulfonamides is 1. The van der Waals surface area contributed by atoms with E-state index < -0.39 is 16.1 Å². The Morgan fingerprint density at radius 1 is 1.35 bits per heavy atom. The third kappa shape index (κ3) is 4.29. The first-order valence-electron chi connectivity index (χ1n) is 6.26. The lowest BCUT2D eigenvalue weighted by atomic mass is 10.1. The lowest BCUT2D eigenvalue weighted by Crippen LogP contribution is -2.38. The third-order valence-corrected chi connectivity index (χ3v) is 3.98. The molecule has 0 aliphatic heterocycles. The van der Waals surface area contributed by atoms with Crippen LogP contribution in [0.1, 0.15) is 31.9 Å². The summed E-state index contributed by atoms with van der Waals surface area (Å²) in [4.78, 5) is 11.6. The molecule has 7 heteroatoms. The molecule has 0 bridgehead atoms. The summed E-state index contributed by atoms with van der Waals surface area (Å²) in [5.74, 6) is -0.319. The largest absolute Gasteiger partial charge is 0.468 e. The molecular weight excluding hydrogens is 280 g/mol. The number of ether oxygens (including phenoxy) is 1. The van der Waals surface area contributed by atoms with Crippen LogP contribution in [0.2, 0.25) is 0 Å². The van der Waals surface area contributed by atoms with Crippen molar-refractivity contribution in [2.75, 3.05) is 7.11 Å². The standard InChI is InChI=1S/C13H20N2O4S/c1-4-12(13(16)19-3)15-9(2)10-5-7-11(8-6-10)20(14,17)18/h5-9,12,15H,4H2,1-3H3,(H2,14,17,18). The smallest absolute Gasteiger partial charge is 0.322 e. The Hall–Kier alpha value is -1.44. The minimum absolute atomic E-state index is 0.0634. The highest BCUT2D eigenvalue weighted by molar-refractivity contribution is 7.89. The van der Waals surface area contributed by atoms with Gasteiger partial charge in [-0.25, -0.2) is 13.6 Å². The average Bonchev–Trinajstić information content (AvgIpc) is 2.42.